The van der Waals surface area contributed by atoms with Gasteiger partial charge in [0.15, 0.2) is 11.6 Å². The Morgan fingerprint density at radius 1 is 1.11 bits per heavy atom. The number of hydrogen-bond acceptors (Lipinski definition) is 7. The van der Waals surface area contributed by atoms with Gasteiger partial charge in [-0.2, -0.15) is 5.10 Å². The van der Waals surface area contributed by atoms with Gasteiger partial charge in [0.25, 0.3) is 5.91 Å². The van der Waals surface area contributed by atoms with Gasteiger partial charge in [-0.3, -0.25) is 9.48 Å². The molecule has 11 heteroatoms. The topological polar surface area (TPSA) is 114 Å². The third kappa shape index (κ3) is 5.42. The number of amides is 1. The minimum absolute atomic E-state index is 0.0586. The van der Waals surface area contributed by atoms with E-state index in [-0.39, 0.29) is 34.4 Å². The Bertz CT molecular complexity index is 1470. The van der Waals surface area contributed by atoms with E-state index >= 15 is 0 Å². The summed E-state index contributed by atoms with van der Waals surface area (Å²) in [5, 5.41) is 20.2. The summed E-state index contributed by atoms with van der Waals surface area (Å²) < 4.78 is 36.1. The van der Waals surface area contributed by atoms with E-state index in [0.717, 1.165) is 18.9 Å². The second-order valence-electron chi connectivity index (χ2n) is 9.48. The van der Waals surface area contributed by atoms with Crippen LogP contribution in [0.15, 0.2) is 48.9 Å². The van der Waals surface area contributed by atoms with E-state index in [2.05, 4.69) is 25.7 Å². The Hall–Kier alpha value is -4.12. The van der Waals surface area contributed by atoms with Crippen LogP contribution in [0.5, 0.6) is 5.75 Å². The average molecular weight is 523 g/mol. The largest absolute Gasteiger partial charge is 0.494 e. The Kier molecular flexibility index (Phi) is 7.19. The molecule has 2 aromatic carbocycles. The summed E-state index contributed by atoms with van der Waals surface area (Å²) in [6.45, 7) is 0. The van der Waals surface area contributed by atoms with Crippen molar-refractivity contribution < 1.29 is 23.4 Å². The fraction of sp³-hybridized carbons (Fsp3) is 0.333. The molecule has 1 fully saturated rings. The zero-order valence-electron chi connectivity index (χ0n) is 21.0. The van der Waals surface area contributed by atoms with E-state index in [0.29, 0.717) is 29.9 Å². The average Bonchev–Trinajstić information content (AvgIpc) is 3.34. The number of aliphatic hydroxyl groups excluding tert-OH is 1. The van der Waals surface area contributed by atoms with Crippen molar-refractivity contribution in [2.24, 2.45) is 7.05 Å². The lowest BCUT2D eigenvalue weighted by molar-refractivity contribution is 0.0942. The van der Waals surface area contributed by atoms with E-state index in [4.69, 9.17) is 4.74 Å². The minimum Gasteiger partial charge on any atom is -0.494 e. The third-order valence-electron chi connectivity index (χ3n) is 6.78. The number of benzene rings is 2. The zero-order valence-corrected chi connectivity index (χ0v) is 21.0. The maximum atomic E-state index is 15.0. The van der Waals surface area contributed by atoms with Crippen molar-refractivity contribution in [2.75, 3.05) is 12.4 Å². The van der Waals surface area contributed by atoms with Crippen molar-refractivity contribution in [2.45, 2.75) is 43.9 Å². The molecule has 2 aromatic heterocycles. The van der Waals surface area contributed by atoms with Crippen molar-refractivity contribution >= 4 is 22.8 Å². The lowest BCUT2D eigenvalue weighted by Crippen LogP contribution is -2.29. The summed E-state index contributed by atoms with van der Waals surface area (Å²) in [5.41, 5.74) is 1.43. The van der Waals surface area contributed by atoms with Gasteiger partial charge in [0, 0.05) is 36.6 Å². The molecule has 9 nitrogen and oxygen atoms in total. The number of methoxy groups -OCH3 is 1. The highest BCUT2D eigenvalue weighted by atomic mass is 19.1. The molecule has 4 aromatic rings. The maximum absolute atomic E-state index is 15.0. The molecule has 0 saturated heterocycles. The van der Waals surface area contributed by atoms with Crippen LogP contribution in [0.1, 0.15) is 53.2 Å². The smallest absolute Gasteiger partial charge is 0.252 e. The summed E-state index contributed by atoms with van der Waals surface area (Å²) in [6.07, 6.45) is 7.33. The van der Waals surface area contributed by atoms with E-state index in [1.165, 1.54) is 31.5 Å². The molecule has 0 radical (unpaired) electrons. The van der Waals surface area contributed by atoms with E-state index in [9.17, 15) is 18.7 Å². The van der Waals surface area contributed by atoms with Crippen molar-refractivity contribution in [1.82, 2.24) is 25.1 Å². The van der Waals surface area contributed by atoms with Crippen LogP contribution in [0.4, 0.5) is 14.7 Å². The molecule has 5 rings (SSSR count). The number of fused-ring (bicyclic) bond motifs is 1. The third-order valence-corrected chi connectivity index (χ3v) is 6.78. The van der Waals surface area contributed by atoms with Gasteiger partial charge in [-0.05, 0) is 55.5 Å². The van der Waals surface area contributed by atoms with Gasteiger partial charge in [-0.25, -0.2) is 18.7 Å². The highest BCUT2D eigenvalue weighted by Gasteiger charge is 2.23. The van der Waals surface area contributed by atoms with Crippen molar-refractivity contribution in [3.63, 3.8) is 0 Å². The van der Waals surface area contributed by atoms with Crippen molar-refractivity contribution in [1.29, 1.82) is 0 Å². The van der Waals surface area contributed by atoms with Crippen LogP contribution in [0.3, 0.4) is 0 Å². The van der Waals surface area contributed by atoms with Crippen LogP contribution < -0.4 is 15.4 Å². The molecule has 0 spiro atoms. The standard InChI is InChI=1S/C27H28F2N6O3/c1-35-14-17(12-31-35)25(15-3-8-24(38-2)22(29)9-15)34-26(37)16-10-21(28)20-13-30-27(33-23(20)11-16)32-18-4-6-19(36)7-5-18/h3,8-14,18-19,25,36H,4-7H2,1-2H3,(H,34,37)(H,30,32,33). The number of rotatable bonds is 7. The number of anilines is 1. The summed E-state index contributed by atoms with van der Waals surface area (Å²) in [6, 6.07) is 6.40. The minimum atomic E-state index is -0.750. The molecule has 1 atom stereocenters. The number of halogens is 2. The summed E-state index contributed by atoms with van der Waals surface area (Å²) in [7, 11) is 3.10. The van der Waals surface area contributed by atoms with Crippen LogP contribution in [0.2, 0.25) is 0 Å². The molecule has 38 heavy (non-hydrogen) atoms. The molecule has 0 bridgehead atoms. The van der Waals surface area contributed by atoms with Gasteiger partial charge in [0.05, 0.1) is 36.4 Å². The SMILES string of the molecule is COc1ccc(C(NC(=O)c2cc(F)c3cnc(NC4CCC(O)CC4)nc3c2)c2cnn(C)c2)cc1F. The van der Waals surface area contributed by atoms with Crippen molar-refractivity contribution in [3.8, 4) is 5.75 Å². The van der Waals surface area contributed by atoms with Gasteiger partial charge < -0.3 is 20.5 Å². The van der Waals surface area contributed by atoms with E-state index in [1.54, 1.807) is 30.2 Å². The maximum Gasteiger partial charge on any atom is 0.252 e. The molecule has 0 aliphatic heterocycles. The van der Waals surface area contributed by atoms with Gasteiger partial charge in [0.2, 0.25) is 5.95 Å². The molecule has 1 aliphatic carbocycles. The second kappa shape index (κ2) is 10.7. The first-order valence-corrected chi connectivity index (χ1v) is 12.3. The zero-order chi connectivity index (χ0) is 26.8. The first-order chi connectivity index (χ1) is 18.3. The summed E-state index contributed by atoms with van der Waals surface area (Å²) in [4.78, 5) is 22.0. The predicted octanol–water partition coefficient (Wildman–Crippen LogP) is 3.88. The fourth-order valence-corrected chi connectivity index (χ4v) is 4.72. The van der Waals surface area contributed by atoms with Gasteiger partial charge in [-0.1, -0.05) is 6.07 Å². The number of aliphatic hydroxyl groups is 1. The molecule has 3 N–H and O–H groups in total. The monoisotopic (exact) mass is 522 g/mol. The Balaban J connectivity index is 1.43. The lowest BCUT2D eigenvalue weighted by atomic mass is 9.93. The number of aromatic nitrogens is 4. The van der Waals surface area contributed by atoms with Crippen LogP contribution in [0, 0.1) is 11.6 Å². The molecule has 198 valence electrons. The predicted molar refractivity (Wildman–Crippen MR) is 137 cm³/mol. The number of aryl methyl sites for hydroxylation is 1. The molecule has 1 unspecified atom stereocenters. The normalized spacial score (nSPS) is 18.2. The Morgan fingerprint density at radius 3 is 2.58 bits per heavy atom. The number of carbonyl (C=O) groups excluding carboxylic acids is 1. The van der Waals surface area contributed by atoms with E-state index < -0.39 is 23.6 Å². The molecule has 1 amide bonds. The molecule has 1 aliphatic rings. The van der Waals surface area contributed by atoms with Gasteiger partial charge in [0.1, 0.15) is 5.82 Å². The number of nitrogens with one attached hydrogen (secondary N) is 2. The second-order valence-corrected chi connectivity index (χ2v) is 9.48. The number of carbonyl (C=O) groups is 1. The molecule has 1 saturated carbocycles. The molecular formula is C27H28F2N6O3. The summed E-state index contributed by atoms with van der Waals surface area (Å²) in [5.74, 6) is -1.36. The first kappa shape index (κ1) is 25.5. The van der Waals surface area contributed by atoms with Gasteiger partial charge in [-0.15, -0.1) is 0 Å². The van der Waals surface area contributed by atoms with Crippen LogP contribution in [0.25, 0.3) is 10.9 Å². The molecule has 2 heterocycles. The fourth-order valence-electron chi connectivity index (χ4n) is 4.72. The molecular weight excluding hydrogens is 494 g/mol. The van der Waals surface area contributed by atoms with E-state index in [1.807, 2.05) is 0 Å². The highest BCUT2D eigenvalue weighted by molar-refractivity contribution is 5.98. The number of ether oxygens (including phenoxy) is 1. The highest BCUT2D eigenvalue weighted by Crippen LogP contribution is 2.28. The van der Waals surface area contributed by atoms with Gasteiger partial charge >= 0.3 is 0 Å². The lowest BCUT2D eigenvalue weighted by Gasteiger charge is -2.26. The van der Waals surface area contributed by atoms with Crippen molar-refractivity contribution in [3.05, 3.63) is 77.2 Å². The summed E-state index contributed by atoms with van der Waals surface area (Å²) >= 11 is 0. The Morgan fingerprint density at radius 2 is 1.89 bits per heavy atom. The number of hydrogen-bond donors (Lipinski definition) is 3. The van der Waals surface area contributed by atoms with Crippen LogP contribution >= 0.6 is 0 Å². The first-order valence-electron chi connectivity index (χ1n) is 12.3. The quantitative estimate of drug-likeness (QED) is 0.338. The Labute approximate surface area is 217 Å². The van der Waals surface area contributed by atoms with Crippen LogP contribution in [-0.4, -0.2) is 50.0 Å². The van der Waals surface area contributed by atoms with Crippen LogP contribution in [-0.2, 0) is 7.05 Å². The number of nitrogens with zero attached hydrogens (tertiary/aromatic N) is 4.